The standard InChI is InChI=1S/C19H24N2O3/c22-19(20-11-5-12-23-14-16-8-4-13-24-16)21-18-10-3-7-15-6-1-2-9-17(15)18/h1-3,6-7,9-10,16H,4-5,8,11-14H2,(H2,20,21,22). The van der Waals surface area contributed by atoms with Gasteiger partial charge in [0.2, 0.25) is 0 Å². The van der Waals surface area contributed by atoms with E-state index in [2.05, 4.69) is 10.6 Å². The fraction of sp³-hybridized carbons (Fsp3) is 0.421. The number of carbonyl (C=O) groups excluding carboxylic acids is 1. The molecule has 0 bridgehead atoms. The van der Waals surface area contributed by atoms with Gasteiger partial charge in [-0.25, -0.2) is 4.79 Å². The maximum absolute atomic E-state index is 12.0. The van der Waals surface area contributed by atoms with Crippen molar-refractivity contribution in [3.8, 4) is 0 Å². The van der Waals surface area contributed by atoms with Crippen molar-refractivity contribution in [3.63, 3.8) is 0 Å². The van der Waals surface area contributed by atoms with Crippen LogP contribution in [0.3, 0.4) is 0 Å². The van der Waals surface area contributed by atoms with Crippen LogP contribution in [0, 0.1) is 0 Å². The number of benzene rings is 2. The summed E-state index contributed by atoms with van der Waals surface area (Å²) in [5.41, 5.74) is 0.820. The summed E-state index contributed by atoms with van der Waals surface area (Å²) in [6, 6.07) is 13.7. The van der Waals surface area contributed by atoms with Crippen LogP contribution in [0.4, 0.5) is 10.5 Å². The molecule has 5 nitrogen and oxygen atoms in total. The Morgan fingerprint density at radius 3 is 2.96 bits per heavy atom. The van der Waals surface area contributed by atoms with Gasteiger partial charge in [-0.1, -0.05) is 36.4 Å². The monoisotopic (exact) mass is 328 g/mol. The number of carbonyl (C=O) groups is 1. The van der Waals surface area contributed by atoms with E-state index in [1.54, 1.807) is 0 Å². The highest BCUT2D eigenvalue weighted by atomic mass is 16.5. The lowest BCUT2D eigenvalue weighted by molar-refractivity contribution is 0.0168. The van der Waals surface area contributed by atoms with E-state index < -0.39 is 0 Å². The van der Waals surface area contributed by atoms with Crippen LogP contribution in [0.2, 0.25) is 0 Å². The fourth-order valence-electron chi connectivity index (χ4n) is 2.87. The van der Waals surface area contributed by atoms with Crippen molar-refractivity contribution in [1.82, 2.24) is 5.32 Å². The third-order valence-electron chi connectivity index (χ3n) is 4.12. The maximum Gasteiger partial charge on any atom is 0.319 e. The summed E-state index contributed by atoms with van der Waals surface area (Å²) in [4.78, 5) is 12.0. The van der Waals surface area contributed by atoms with Crippen LogP contribution in [0.5, 0.6) is 0 Å². The first kappa shape index (κ1) is 16.7. The number of fused-ring (bicyclic) bond motifs is 1. The average Bonchev–Trinajstić information content (AvgIpc) is 3.12. The molecule has 0 aliphatic carbocycles. The Balaban J connectivity index is 1.36. The zero-order valence-electron chi connectivity index (χ0n) is 13.8. The van der Waals surface area contributed by atoms with Gasteiger partial charge in [-0.05, 0) is 30.7 Å². The van der Waals surface area contributed by atoms with Crippen LogP contribution < -0.4 is 10.6 Å². The number of hydrogen-bond donors (Lipinski definition) is 2. The molecular formula is C19H24N2O3. The molecule has 2 aromatic carbocycles. The van der Waals surface area contributed by atoms with Gasteiger partial charge in [-0.3, -0.25) is 0 Å². The Morgan fingerprint density at radius 2 is 2.08 bits per heavy atom. The zero-order chi connectivity index (χ0) is 16.6. The quantitative estimate of drug-likeness (QED) is 0.764. The molecule has 2 amide bonds. The molecule has 1 atom stereocenters. The Labute approximate surface area is 142 Å². The fourth-order valence-corrected chi connectivity index (χ4v) is 2.87. The number of anilines is 1. The van der Waals surface area contributed by atoms with Crippen LogP contribution in [-0.4, -0.2) is 38.5 Å². The van der Waals surface area contributed by atoms with Gasteiger partial charge in [0, 0.05) is 25.1 Å². The van der Waals surface area contributed by atoms with Crippen LogP contribution in [-0.2, 0) is 9.47 Å². The lowest BCUT2D eigenvalue weighted by Gasteiger charge is -2.11. The molecule has 1 heterocycles. The second-order valence-electron chi connectivity index (χ2n) is 5.97. The first-order valence-corrected chi connectivity index (χ1v) is 8.55. The van der Waals surface area contributed by atoms with Crippen LogP contribution in [0.1, 0.15) is 19.3 Å². The molecule has 0 aromatic heterocycles. The van der Waals surface area contributed by atoms with Gasteiger partial charge in [0.1, 0.15) is 0 Å². The molecule has 0 spiro atoms. The SMILES string of the molecule is O=C(NCCCOCC1CCCO1)Nc1cccc2ccccc12. The van der Waals surface area contributed by atoms with Crippen molar-refractivity contribution >= 4 is 22.5 Å². The molecular weight excluding hydrogens is 304 g/mol. The molecule has 3 rings (SSSR count). The average molecular weight is 328 g/mol. The number of hydrogen-bond acceptors (Lipinski definition) is 3. The van der Waals surface area contributed by atoms with E-state index in [-0.39, 0.29) is 12.1 Å². The van der Waals surface area contributed by atoms with Crippen LogP contribution >= 0.6 is 0 Å². The summed E-state index contributed by atoms with van der Waals surface area (Å²) in [7, 11) is 0. The van der Waals surface area contributed by atoms with E-state index in [0.717, 1.165) is 42.3 Å². The van der Waals surface area contributed by atoms with Crippen LogP contribution in [0.25, 0.3) is 10.8 Å². The Kier molecular flexibility index (Phi) is 6.04. The molecule has 2 aromatic rings. The summed E-state index contributed by atoms with van der Waals surface area (Å²) in [5, 5.41) is 7.92. The van der Waals surface area contributed by atoms with Crippen molar-refractivity contribution < 1.29 is 14.3 Å². The van der Waals surface area contributed by atoms with E-state index in [4.69, 9.17) is 9.47 Å². The summed E-state index contributed by atoms with van der Waals surface area (Å²) in [6.07, 6.45) is 3.26. The first-order chi connectivity index (χ1) is 11.8. The predicted molar refractivity (Wildman–Crippen MR) is 95.4 cm³/mol. The molecule has 0 radical (unpaired) electrons. The number of nitrogens with one attached hydrogen (secondary N) is 2. The van der Waals surface area contributed by atoms with Gasteiger partial charge >= 0.3 is 6.03 Å². The Bertz CT molecular complexity index is 663. The predicted octanol–water partition coefficient (Wildman–Crippen LogP) is 3.55. The highest BCUT2D eigenvalue weighted by Crippen LogP contribution is 2.22. The minimum Gasteiger partial charge on any atom is -0.379 e. The molecule has 5 heteroatoms. The first-order valence-electron chi connectivity index (χ1n) is 8.55. The van der Waals surface area contributed by atoms with Gasteiger partial charge < -0.3 is 20.1 Å². The van der Waals surface area contributed by atoms with Crippen LogP contribution in [0.15, 0.2) is 42.5 Å². The third kappa shape index (κ3) is 4.69. The van der Waals surface area contributed by atoms with E-state index in [1.807, 2.05) is 42.5 Å². The van der Waals surface area contributed by atoms with Gasteiger partial charge in [-0.15, -0.1) is 0 Å². The van der Waals surface area contributed by atoms with Crippen molar-refractivity contribution in [2.24, 2.45) is 0 Å². The molecule has 1 fully saturated rings. The molecule has 1 aliphatic rings. The summed E-state index contributed by atoms with van der Waals surface area (Å²) >= 11 is 0. The van der Waals surface area contributed by atoms with E-state index in [0.29, 0.717) is 19.8 Å². The smallest absolute Gasteiger partial charge is 0.319 e. The van der Waals surface area contributed by atoms with E-state index in [1.165, 1.54) is 0 Å². The molecule has 24 heavy (non-hydrogen) atoms. The maximum atomic E-state index is 12.0. The second-order valence-corrected chi connectivity index (χ2v) is 5.97. The van der Waals surface area contributed by atoms with Crippen molar-refractivity contribution in [2.75, 3.05) is 31.7 Å². The largest absolute Gasteiger partial charge is 0.379 e. The second kappa shape index (κ2) is 8.66. The molecule has 1 saturated heterocycles. The van der Waals surface area contributed by atoms with Crippen molar-refractivity contribution in [3.05, 3.63) is 42.5 Å². The zero-order valence-corrected chi connectivity index (χ0v) is 13.8. The summed E-state index contributed by atoms with van der Waals surface area (Å²) in [6.45, 7) is 2.72. The molecule has 0 saturated carbocycles. The van der Waals surface area contributed by atoms with Gasteiger partial charge in [0.15, 0.2) is 0 Å². The van der Waals surface area contributed by atoms with E-state index >= 15 is 0 Å². The van der Waals surface area contributed by atoms with Gasteiger partial charge in [0.25, 0.3) is 0 Å². The lowest BCUT2D eigenvalue weighted by atomic mass is 10.1. The number of ether oxygens (including phenoxy) is 2. The molecule has 1 unspecified atom stereocenters. The topological polar surface area (TPSA) is 59.6 Å². The van der Waals surface area contributed by atoms with E-state index in [9.17, 15) is 4.79 Å². The minimum absolute atomic E-state index is 0.189. The summed E-state index contributed by atoms with van der Waals surface area (Å²) in [5.74, 6) is 0. The van der Waals surface area contributed by atoms with Crippen molar-refractivity contribution in [1.29, 1.82) is 0 Å². The highest BCUT2D eigenvalue weighted by Gasteiger charge is 2.14. The molecule has 2 N–H and O–H groups in total. The molecule has 1 aliphatic heterocycles. The van der Waals surface area contributed by atoms with Gasteiger partial charge in [0.05, 0.1) is 18.4 Å². The normalized spacial score (nSPS) is 17.1. The summed E-state index contributed by atoms with van der Waals surface area (Å²) < 4.78 is 11.1. The third-order valence-corrected chi connectivity index (χ3v) is 4.12. The lowest BCUT2D eigenvalue weighted by Crippen LogP contribution is -2.30. The Morgan fingerprint density at radius 1 is 1.21 bits per heavy atom. The number of rotatable bonds is 7. The number of amides is 2. The number of urea groups is 1. The Hall–Kier alpha value is -2.11. The minimum atomic E-state index is -0.189. The highest BCUT2D eigenvalue weighted by molar-refractivity contribution is 6.01. The van der Waals surface area contributed by atoms with Crippen molar-refractivity contribution in [2.45, 2.75) is 25.4 Å². The van der Waals surface area contributed by atoms with Gasteiger partial charge in [-0.2, -0.15) is 0 Å². The molecule has 128 valence electrons.